The average molecular weight is 455 g/mol. The highest BCUT2D eigenvalue weighted by Gasteiger charge is 2.27. The van der Waals surface area contributed by atoms with Crippen molar-refractivity contribution in [2.24, 2.45) is 0 Å². The molecule has 0 fully saturated rings. The number of rotatable bonds is 7. The number of fused-ring (bicyclic) bond motifs is 1. The molecule has 0 radical (unpaired) electrons. The van der Waals surface area contributed by atoms with E-state index < -0.39 is 22.0 Å². The molecule has 0 bridgehead atoms. The molecule has 0 saturated carbocycles. The molecule has 158 valence electrons. The zero-order valence-corrected chi connectivity index (χ0v) is 17.8. The molecule has 9 heteroatoms. The summed E-state index contributed by atoms with van der Waals surface area (Å²) in [6.45, 7) is 0. The number of carbonyl (C=O) groups excluding carboxylic acids is 1. The highest BCUT2D eigenvalue weighted by atomic mass is 35.5. The lowest BCUT2D eigenvalue weighted by Crippen LogP contribution is -2.45. The molecule has 4 aromatic rings. The quantitative estimate of drug-likeness (QED) is 0.395. The number of anilines is 1. The molecular weight excluding hydrogens is 436 g/mol. The van der Waals surface area contributed by atoms with E-state index in [1.54, 1.807) is 30.6 Å². The molecule has 3 N–H and O–H groups in total. The Morgan fingerprint density at radius 3 is 2.52 bits per heavy atom. The fourth-order valence-electron chi connectivity index (χ4n) is 3.23. The third kappa shape index (κ3) is 4.93. The summed E-state index contributed by atoms with van der Waals surface area (Å²) in [4.78, 5) is 20.3. The first-order chi connectivity index (χ1) is 14.9. The SMILES string of the molecule is O=C(Nc1ccccn1)[C@H](Cc1c[nH]c2ccccc12)NS(=O)(=O)c1ccc(Cl)cc1. The van der Waals surface area contributed by atoms with Crippen LogP contribution in [0.25, 0.3) is 10.9 Å². The van der Waals surface area contributed by atoms with Gasteiger partial charge in [-0.05, 0) is 54.4 Å². The number of sulfonamides is 1. The molecule has 0 unspecified atom stereocenters. The number of carbonyl (C=O) groups is 1. The molecule has 7 nitrogen and oxygen atoms in total. The first-order valence-electron chi connectivity index (χ1n) is 9.47. The van der Waals surface area contributed by atoms with Gasteiger partial charge in [0.2, 0.25) is 15.9 Å². The fourth-order valence-corrected chi connectivity index (χ4v) is 4.55. The Hall–Kier alpha value is -3.20. The van der Waals surface area contributed by atoms with Crippen molar-refractivity contribution in [2.45, 2.75) is 17.4 Å². The van der Waals surface area contributed by atoms with Crippen molar-refractivity contribution in [2.75, 3.05) is 5.32 Å². The van der Waals surface area contributed by atoms with Crippen LogP contribution in [0.5, 0.6) is 0 Å². The Labute approximate surface area is 184 Å². The van der Waals surface area contributed by atoms with E-state index in [2.05, 4.69) is 20.0 Å². The number of nitrogens with one attached hydrogen (secondary N) is 3. The van der Waals surface area contributed by atoms with Gasteiger partial charge in [-0.1, -0.05) is 35.9 Å². The van der Waals surface area contributed by atoms with Gasteiger partial charge in [-0.2, -0.15) is 4.72 Å². The minimum Gasteiger partial charge on any atom is -0.361 e. The lowest BCUT2D eigenvalue weighted by molar-refractivity contribution is -0.117. The first-order valence-corrected chi connectivity index (χ1v) is 11.3. The number of amides is 1. The fraction of sp³-hybridized carbons (Fsp3) is 0.0909. The third-order valence-electron chi connectivity index (χ3n) is 4.75. The summed E-state index contributed by atoms with van der Waals surface area (Å²) in [6.07, 6.45) is 3.47. The third-order valence-corrected chi connectivity index (χ3v) is 6.49. The van der Waals surface area contributed by atoms with Gasteiger partial charge in [0.25, 0.3) is 0 Å². The molecule has 0 aliphatic heterocycles. The number of benzene rings is 2. The number of hydrogen-bond acceptors (Lipinski definition) is 4. The van der Waals surface area contributed by atoms with Gasteiger partial charge in [0.1, 0.15) is 11.9 Å². The van der Waals surface area contributed by atoms with Crippen molar-refractivity contribution in [3.8, 4) is 0 Å². The number of hydrogen-bond donors (Lipinski definition) is 3. The van der Waals surface area contributed by atoms with Crippen LogP contribution in [0, 0.1) is 0 Å². The summed E-state index contributed by atoms with van der Waals surface area (Å²) in [5.74, 6) is -0.177. The van der Waals surface area contributed by atoms with Crippen molar-refractivity contribution >= 4 is 44.3 Å². The summed E-state index contributed by atoms with van der Waals surface area (Å²) < 4.78 is 28.4. The van der Waals surface area contributed by atoms with Crippen molar-refractivity contribution in [1.82, 2.24) is 14.7 Å². The Morgan fingerprint density at radius 1 is 1.03 bits per heavy atom. The number of para-hydroxylation sites is 1. The maximum atomic E-state index is 13.0. The minimum atomic E-state index is -3.97. The van der Waals surface area contributed by atoms with E-state index in [1.165, 1.54) is 24.3 Å². The smallest absolute Gasteiger partial charge is 0.244 e. The molecule has 0 aliphatic rings. The van der Waals surface area contributed by atoms with Gasteiger partial charge in [0.15, 0.2) is 0 Å². The first kappa shape index (κ1) is 21.0. The molecule has 1 atom stereocenters. The van der Waals surface area contributed by atoms with Gasteiger partial charge in [0, 0.05) is 28.3 Å². The van der Waals surface area contributed by atoms with Gasteiger partial charge in [-0.25, -0.2) is 13.4 Å². The van der Waals surface area contributed by atoms with Crippen molar-refractivity contribution in [3.63, 3.8) is 0 Å². The summed E-state index contributed by atoms with van der Waals surface area (Å²) >= 11 is 5.87. The number of aromatic amines is 1. The maximum Gasteiger partial charge on any atom is 0.244 e. The van der Waals surface area contributed by atoms with Crippen LogP contribution in [-0.2, 0) is 21.2 Å². The van der Waals surface area contributed by atoms with E-state index in [0.717, 1.165) is 16.5 Å². The van der Waals surface area contributed by atoms with Crippen LogP contribution in [0.15, 0.2) is 84.0 Å². The second-order valence-electron chi connectivity index (χ2n) is 6.90. The molecule has 0 saturated heterocycles. The van der Waals surface area contributed by atoms with Crippen molar-refractivity contribution in [1.29, 1.82) is 0 Å². The molecule has 0 aliphatic carbocycles. The molecule has 1 amide bonds. The Bertz CT molecular complexity index is 1310. The average Bonchev–Trinajstić information content (AvgIpc) is 3.17. The Morgan fingerprint density at radius 2 is 1.77 bits per heavy atom. The van der Waals surface area contributed by atoms with Crippen LogP contribution in [0.1, 0.15) is 5.56 Å². The normalized spacial score (nSPS) is 12.5. The Kier molecular flexibility index (Phi) is 6.03. The van der Waals surface area contributed by atoms with Crippen LogP contribution in [-0.4, -0.2) is 30.3 Å². The van der Waals surface area contributed by atoms with Gasteiger partial charge in [-0.15, -0.1) is 0 Å². The zero-order chi connectivity index (χ0) is 21.8. The summed E-state index contributed by atoms with van der Waals surface area (Å²) in [6, 6.07) is 17.4. The molecular formula is C22H19ClN4O3S. The second kappa shape index (κ2) is 8.89. The highest BCUT2D eigenvalue weighted by Crippen LogP contribution is 2.21. The monoisotopic (exact) mass is 454 g/mol. The molecule has 31 heavy (non-hydrogen) atoms. The Balaban J connectivity index is 1.64. The van der Waals surface area contributed by atoms with Crippen LogP contribution in [0.4, 0.5) is 5.82 Å². The summed E-state index contributed by atoms with van der Waals surface area (Å²) in [7, 11) is -3.97. The summed E-state index contributed by atoms with van der Waals surface area (Å²) in [5, 5.41) is 4.02. The predicted octanol–water partition coefficient (Wildman–Crippen LogP) is 3.74. The van der Waals surface area contributed by atoms with E-state index in [-0.39, 0.29) is 11.3 Å². The molecule has 2 aromatic heterocycles. The van der Waals surface area contributed by atoms with Gasteiger partial charge < -0.3 is 10.3 Å². The highest BCUT2D eigenvalue weighted by molar-refractivity contribution is 7.89. The molecule has 2 heterocycles. The van der Waals surface area contributed by atoms with Crippen LogP contribution in [0.3, 0.4) is 0 Å². The lowest BCUT2D eigenvalue weighted by Gasteiger charge is -2.18. The van der Waals surface area contributed by atoms with Crippen LogP contribution >= 0.6 is 11.6 Å². The van der Waals surface area contributed by atoms with Gasteiger partial charge >= 0.3 is 0 Å². The number of nitrogens with zero attached hydrogens (tertiary/aromatic N) is 1. The molecule has 2 aromatic carbocycles. The lowest BCUT2D eigenvalue weighted by atomic mass is 10.1. The van der Waals surface area contributed by atoms with Gasteiger partial charge in [0.05, 0.1) is 4.90 Å². The van der Waals surface area contributed by atoms with E-state index in [9.17, 15) is 13.2 Å². The van der Waals surface area contributed by atoms with Crippen LogP contribution < -0.4 is 10.0 Å². The standard InChI is InChI=1S/C22H19ClN4O3S/c23-16-8-10-17(11-9-16)31(29,30)27-20(22(28)26-21-7-3-4-12-24-21)13-15-14-25-19-6-2-1-5-18(15)19/h1-12,14,20,25,27H,13H2,(H,24,26,28)/t20-/m0/s1. The van der Waals surface area contributed by atoms with E-state index in [0.29, 0.717) is 10.8 Å². The van der Waals surface area contributed by atoms with Crippen LogP contribution in [0.2, 0.25) is 5.02 Å². The van der Waals surface area contributed by atoms with E-state index >= 15 is 0 Å². The van der Waals surface area contributed by atoms with Gasteiger partial charge in [-0.3, -0.25) is 4.79 Å². The summed E-state index contributed by atoms with van der Waals surface area (Å²) in [5.41, 5.74) is 1.72. The largest absolute Gasteiger partial charge is 0.361 e. The molecule has 0 spiro atoms. The number of halogens is 1. The predicted molar refractivity (Wildman–Crippen MR) is 120 cm³/mol. The second-order valence-corrected chi connectivity index (χ2v) is 9.05. The van der Waals surface area contributed by atoms with Crippen molar-refractivity contribution < 1.29 is 13.2 Å². The maximum absolute atomic E-state index is 13.0. The topological polar surface area (TPSA) is 104 Å². The molecule has 4 rings (SSSR count). The number of H-pyrrole nitrogens is 1. The minimum absolute atomic E-state index is 0.0199. The number of aromatic nitrogens is 2. The van der Waals surface area contributed by atoms with E-state index in [1.807, 2.05) is 24.3 Å². The van der Waals surface area contributed by atoms with E-state index in [4.69, 9.17) is 11.6 Å². The number of pyridine rings is 1. The zero-order valence-electron chi connectivity index (χ0n) is 16.2. The van der Waals surface area contributed by atoms with Crippen molar-refractivity contribution in [3.05, 3.63) is 89.7 Å².